The number of hydrogen-bond acceptors (Lipinski definition) is 7. The minimum atomic E-state index is -0.962. The zero-order chi connectivity index (χ0) is 16.4. The molecule has 0 radical (unpaired) electrons. The van der Waals surface area contributed by atoms with Gasteiger partial charge in [-0.2, -0.15) is 5.26 Å². The number of hydrogen-bond donors (Lipinski definition) is 1. The van der Waals surface area contributed by atoms with E-state index in [1.54, 1.807) is 11.3 Å². The van der Waals surface area contributed by atoms with Crippen molar-refractivity contribution in [2.24, 2.45) is 5.92 Å². The molecule has 0 aliphatic carbocycles. The second-order valence-electron chi connectivity index (χ2n) is 5.04. The fourth-order valence-electron chi connectivity index (χ4n) is 2.05. The molecule has 114 valence electrons. The van der Waals surface area contributed by atoms with Crippen LogP contribution in [0, 0.1) is 43.4 Å². The molecule has 0 saturated carbocycles. The minimum absolute atomic E-state index is 0.0830. The number of carbonyl (C=O) groups is 1. The molecule has 7 heteroatoms. The first-order valence-corrected chi connectivity index (χ1v) is 8.49. The number of thiophene rings is 1. The van der Waals surface area contributed by atoms with Crippen molar-refractivity contribution in [3.63, 3.8) is 0 Å². The van der Waals surface area contributed by atoms with Crippen molar-refractivity contribution in [1.29, 1.82) is 10.7 Å². The van der Waals surface area contributed by atoms with Gasteiger partial charge in [-0.05, 0) is 33.3 Å². The highest BCUT2D eigenvalue weighted by atomic mass is 32.2. The molecule has 0 aliphatic heterocycles. The summed E-state index contributed by atoms with van der Waals surface area (Å²) in [4.78, 5) is 23.1. The second kappa shape index (κ2) is 6.55. The maximum Gasteiger partial charge on any atom is 0.165 e. The lowest BCUT2D eigenvalue weighted by atomic mass is 10.0. The highest BCUT2D eigenvalue weighted by Gasteiger charge is 2.21. The van der Waals surface area contributed by atoms with Crippen LogP contribution in [0.3, 0.4) is 0 Å². The lowest BCUT2D eigenvalue weighted by molar-refractivity contribution is -0.117. The Balaban J connectivity index is 2.31. The van der Waals surface area contributed by atoms with Crippen LogP contribution in [0.2, 0.25) is 0 Å². The first kappa shape index (κ1) is 16.6. The van der Waals surface area contributed by atoms with E-state index < -0.39 is 5.92 Å². The monoisotopic (exact) mass is 332 g/mol. The Morgan fingerprint density at radius 3 is 2.68 bits per heavy atom. The van der Waals surface area contributed by atoms with E-state index in [0.717, 1.165) is 20.8 Å². The topological polar surface area (TPSA) is 90.5 Å². The van der Waals surface area contributed by atoms with Gasteiger partial charge >= 0.3 is 0 Å². The Morgan fingerprint density at radius 1 is 1.41 bits per heavy atom. The molecule has 1 N–H and O–H groups in total. The number of nitrogens with one attached hydrogen (secondary N) is 1. The van der Waals surface area contributed by atoms with Crippen LogP contribution < -0.4 is 0 Å². The van der Waals surface area contributed by atoms with Gasteiger partial charge < -0.3 is 5.41 Å². The molecule has 1 atom stereocenters. The summed E-state index contributed by atoms with van der Waals surface area (Å²) in [6.45, 7) is 7.38. The largest absolute Gasteiger partial charge is 0.308 e. The van der Waals surface area contributed by atoms with Gasteiger partial charge in [0, 0.05) is 16.0 Å². The maximum atomic E-state index is 12.1. The van der Waals surface area contributed by atoms with E-state index in [4.69, 9.17) is 10.7 Å². The lowest BCUT2D eigenvalue weighted by Crippen LogP contribution is -2.21. The summed E-state index contributed by atoms with van der Waals surface area (Å²) in [5, 5.41) is 18.2. The third-order valence-electron chi connectivity index (χ3n) is 3.34. The van der Waals surface area contributed by atoms with Crippen LogP contribution >= 0.6 is 23.1 Å². The van der Waals surface area contributed by atoms with Crippen molar-refractivity contribution in [3.05, 3.63) is 16.3 Å². The summed E-state index contributed by atoms with van der Waals surface area (Å²) in [7, 11) is 0. The molecule has 5 nitrogen and oxygen atoms in total. The van der Waals surface area contributed by atoms with E-state index in [0.29, 0.717) is 5.82 Å². The van der Waals surface area contributed by atoms with Crippen molar-refractivity contribution in [1.82, 2.24) is 9.97 Å². The second-order valence-corrected chi connectivity index (χ2v) is 7.21. The van der Waals surface area contributed by atoms with Gasteiger partial charge in [0.25, 0.3) is 0 Å². The third-order valence-corrected chi connectivity index (χ3v) is 5.44. The van der Waals surface area contributed by atoms with Gasteiger partial charge in [0.15, 0.2) is 5.78 Å². The average Bonchev–Trinajstić information content (AvgIpc) is 2.71. The average molecular weight is 332 g/mol. The summed E-state index contributed by atoms with van der Waals surface area (Å²) < 4.78 is 0. The zero-order valence-electron chi connectivity index (χ0n) is 12.9. The summed E-state index contributed by atoms with van der Waals surface area (Å²) >= 11 is 2.94. The van der Waals surface area contributed by atoms with E-state index in [9.17, 15) is 4.79 Å². The van der Waals surface area contributed by atoms with E-state index in [1.807, 2.05) is 26.8 Å². The number of nitrogens with zero attached hydrogens (tertiary/aromatic N) is 3. The van der Waals surface area contributed by atoms with Crippen LogP contribution in [-0.2, 0) is 4.79 Å². The van der Waals surface area contributed by atoms with Crippen LogP contribution in [0.4, 0.5) is 0 Å². The Morgan fingerprint density at radius 2 is 2.09 bits per heavy atom. The van der Waals surface area contributed by atoms with Crippen molar-refractivity contribution in [2.45, 2.75) is 32.7 Å². The van der Waals surface area contributed by atoms with Gasteiger partial charge in [-0.15, -0.1) is 11.3 Å². The summed E-state index contributed by atoms with van der Waals surface area (Å²) in [6.07, 6.45) is 0. The van der Waals surface area contributed by atoms with Crippen LogP contribution in [-0.4, -0.2) is 27.2 Å². The molecule has 0 aromatic carbocycles. The van der Waals surface area contributed by atoms with Crippen LogP contribution in [0.1, 0.15) is 23.2 Å². The van der Waals surface area contributed by atoms with Gasteiger partial charge in [0.05, 0.1) is 11.8 Å². The Hall–Kier alpha value is -1.78. The summed E-state index contributed by atoms with van der Waals surface area (Å²) in [5.74, 6) is -0.414. The molecule has 2 aromatic rings. The van der Waals surface area contributed by atoms with Gasteiger partial charge in [0.1, 0.15) is 21.6 Å². The van der Waals surface area contributed by atoms with E-state index in [2.05, 4.69) is 9.97 Å². The normalized spacial score (nSPS) is 12.1. The van der Waals surface area contributed by atoms with Crippen molar-refractivity contribution in [3.8, 4) is 6.07 Å². The molecule has 2 heterocycles. The predicted octanol–water partition coefficient (Wildman–Crippen LogP) is 3.46. The fourth-order valence-corrected chi connectivity index (χ4v) is 4.23. The third kappa shape index (κ3) is 3.18. The Kier molecular flexibility index (Phi) is 4.94. The van der Waals surface area contributed by atoms with Gasteiger partial charge in [0.2, 0.25) is 0 Å². The number of aryl methyl sites for hydroxylation is 3. The lowest BCUT2D eigenvalue weighted by Gasteiger charge is -2.07. The van der Waals surface area contributed by atoms with E-state index in [-0.39, 0.29) is 17.2 Å². The van der Waals surface area contributed by atoms with Gasteiger partial charge in [-0.25, -0.2) is 9.97 Å². The van der Waals surface area contributed by atoms with Crippen molar-refractivity contribution >= 4 is 44.8 Å². The standard InChI is InChI=1S/C15H16N4OS2/c1-7-9(3)22-15-13(7)14(18-10(4)19-15)21-6-12(20)11(5-16)8(2)17/h11,17H,6H2,1-4H3/t11-/m0/s1. The molecule has 0 saturated heterocycles. The quantitative estimate of drug-likeness (QED) is 0.514. The highest BCUT2D eigenvalue weighted by Crippen LogP contribution is 2.35. The van der Waals surface area contributed by atoms with Gasteiger partial charge in [-0.3, -0.25) is 4.79 Å². The predicted molar refractivity (Wildman–Crippen MR) is 89.9 cm³/mol. The van der Waals surface area contributed by atoms with Crippen LogP contribution in [0.5, 0.6) is 0 Å². The number of thioether (sulfide) groups is 1. The molecular formula is C15H16N4OS2. The van der Waals surface area contributed by atoms with E-state index in [1.165, 1.54) is 23.6 Å². The number of fused-ring (bicyclic) bond motifs is 1. The maximum absolute atomic E-state index is 12.1. The number of ketones is 1. The number of Topliss-reactive ketones (excluding diaryl/α,β-unsaturated/α-hetero) is 1. The smallest absolute Gasteiger partial charge is 0.165 e. The summed E-state index contributed by atoms with van der Waals surface area (Å²) in [6, 6.07) is 1.88. The first-order valence-electron chi connectivity index (χ1n) is 6.69. The highest BCUT2D eigenvalue weighted by molar-refractivity contribution is 8.00. The van der Waals surface area contributed by atoms with Gasteiger partial charge in [-0.1, -0.05) is 11.8 Å². The first-order chi connectivity index (χ1) is 10.3. The molecule has 0 aliphatic rings. The fraction of sp³-hybridized carbons (Fsp3) is 0.400. The molecule has 0 bridgehead atoms. The Bertz CT molecular complexity index is 804. The molecule has 2 aromatic heterocycles. The molecule has 0 amide bonds. The molecule has 22 heavy (non-hydrogen) atoms. The Labute approximate surface area is 137 Å². The minimum Gasteiger partial charge on any atom is -0.308 e. The molecule has 0 unspecified atom stereocenters. The molecule has 0 spiro atoms. The molecule has 2 rings (SSSR count). The number of nitriles is 1. The van der Waals surface area contributed by atoms with Crippen molar-refractivity contribution < 1.29 is 4.79 Å². The molecular weight excluding hydrogens is 316 g/mol. The number of rotatable bonds is 5. The van der Waals surface area contributed by atoms with E-state index >= 15 is 0 Å². The van der Waals surface area contributed by atoms with Crippen LogP contribution in [0.15, 0.2) is 5.03 Å². The zero-order valence-corrected chi connectivity index (χ0v) is 14.5. The van der Waals surface area contributed by atoms with Crippen molar-refractivity contribution in [2.75, 3.05) is 5.75 Å². The summed E-state index contributed by atoms with van der Waals surface area (Å²) in [5.41, 5.74) is 1.22. The van der Waals surface area contributed by atoms with Crippen LogP contribution in [0.25, 0.3) is 10.2 Å². The SMILES string of the molecule is CC(=N)[C@H](C#N)C(=O)CSc1nc(C)nc2sc(C)c(C)c12. The number of carbonyl (C=O) groups excluding carboxylic acids is 1. The molecule has 0 fully saturated rings. The number of aromatic nitrogens is 2.